The summed E-state index contributed by atoms with van der Waals surface area (Å²) in [7, 11) is 0. The number of hydrogen-bond donors (Lipinski definition) is 1. The molecule has 0 aromatic heterocycles. The third-order valence-corrected chi connectivity index (χ3v) is 2.37. The molecule has 2 fully saturated rings. The molecule has 1 N–H and O–H groups in total. The summed E-state index contributed by atoms with van der Waals surface area (Å²) in [5, 5.41) is 8.84. The van der Waals surface area contributed by atoms with Gasteiger partial charge in [-0.1, -0.05) is 0 Å². The Morgan fingerprint density at radius 2 is 2.08 bits per heavy atom. The van der Waals surface area contributed by atoms with Crippen LogP contribution in [0, 0.1) is 0 Å². The van der Waals surface area contributed by atoms with Crippen LogP contribution in [-0.4, -0.2) is 43.4 Å². The van der Waals surface area contributed by atoms with E-state index in [9.17, 15) is 0 Å². The molecule has 1 unspecified atom stereocenters. The summed E-state index contributed by atoms with van der Waals surface area (Å²) in [4.78, 5) is 0. The van der Waals surface area contributed by atoms with Gasteiger partial charge in [-0.3, -0.25) is 0 Å². The fourth-order valence-electron chi connectivity index (χ4n) is 1.65. The van der Waals surface area contributed by atoms with E-state index in [4.69, 9.17) is 19.3 Å². The van der Waals surface area contributed by atoms with Gasteiger partial charge >= 0.3 is 0 Å². The van der Waals surface area contributed by atoms with Crippen LogP contribution in [-0.2, 0) is 14.2 Å². The van der Waals surface area contributed by atoms with Crippen molar-refractivity contribution in [1.82, 2.24) is 0 Å². The standard InChI is InChI=1S/C8H14O4/c9-5-7-6-11-8(12-7)1-3-10-4-2-8/h7,9H,1-6H2. The van der Waals surface area contributed by atoms with Crippen LogP contribution in [0.3, 0.4) is 0 Å². The summed E-state index contributed by atoms with van der Waals surface area (Å²) in [6.07, 6.45) is 1.43. The topological polar surface area (TPSA) is 47.9 Å². The van der Waals surface area contributed by atoms with Gasteiger partial charge in [-0.15, -0.1) is 0 Å². The minimum Gasteiger partial charge on any atom is -0.394 e. The van der Waals surface area contributed by atoms with E-state index >= 15 is 0 Å². The quantitative estimate of drug-likeness (QED) is 0.603. The molecule has 0 amide bonds. The zero-order valence-corrected chi connectivity index (χ0v) is 6.99. The van der Waals surface area contributed by atoms with Crippen molar-refractivity contribution < 1.29 is 19.3 Å². The van der Waals surface area contributed by atoms with E-state index in [2.05, 4.69) is 0 Å². The molecular weight excluding hydrogens is 160 g/mol. The summed E-state index contributed by atoms with van der Waals surface area (Å²) in [6.45, 7) is 1.94. The molecule has 0 radical (unpaired) electrons. The molecule has 12 heavy (non-hydrogen) atoms. The molecule has 1 spiro atoms. The van der Waals surface area contributed by atoms with Crippen LogP contribution in [0.5, 0.6) is 0 Å². The normalized spacial score (nSPS) is 34.2. The van der Waals surface area contributed by atoms with Gasteiger partial charge in [0.25, 0.3) is 0 Å². The molecule has 4 nitrogen and oxygen atoms in total. The Morgan fingerprint density at radius 3 is 2.67 bits per heavy atom. The monoisotopic (exact) mass is 174 g/mol. The first-order chi connectivity index (χ1) is 5.85. The highest BCUT2D eigenvalue weighted by atomic mass is 16.8. The van der Waals surface area contributed by atoms with E-state index in [-0.39, 0.29) is 12.7 Å². The van der Waals surface area contributed by atoms with E-state index in [0.717, 1.165) is 12.8 Å². The van der Waals surface area contributed by atoms with E-state index in [1.807, 2.05) is 0 Å². The number of aliphatic hydroxyl groups excluding tert-OH is 1. The minimum absolute atomic E-state index is 0.0443. The van der Waals surface area contributed by atoms with Gasteiger partial charge in [0.15, 0.2) is 5.79 Å². The van der Waals surface area contributed by atoms with Crippen LogP contribution < -0.4 is 0 Å². The first kappa shape index (κ1) is 8.44. The summed E-state index contributed by atoms with van der Waals surface area (Å²) in [6, 6.07) is 0. The van der Waals surface area contributed by atoms with Crippen molar-refractivity contribution in [1.29, 1.82) is 0 Å². The largest absolute Gasteiger partial charge is 0.394 e. The average molecular weight is 174 g/mol. The molecule has 2 saturated heterocycles. The Bertz CT molecular complexity index is 153. The van der Waals surface area contributed by atoms with Crippen LogP contribution >= 0.6 is 0 Å². The highest BCUT2D eigenvalue weighted by Crippen LogP contribution is 2.32. The lowest BCUT2D eigenvalue weighted by atomic mass is 10.1. The Balaban J connectivity index is 1.94. The second-order valence-electron chi connectivity index (χ2n) is 3.26. The van der Waals surface area contributed by atoms with Gasteiger partial charge < -0.3 is 19.3 Å². The van der Waals surface area contributed by atoms with Crippen LogP contribution in [0.25, 0.3) is 0 Å². The van der Waals surface area contributed by atoms with Crippen molar-refractivity contribution in [2.75, 3.05) is 26.4 Å². The minimum atomic E-state index is -0.439. The van der Waals surface area contributed by atoms with Gasteiger partial charge in [-0.05, 0) is 0 Å². The maximum atomic E-state index is 8.84. The van der Waals surface area contributed by atoms with Crippen LogP contribution in [0.4, 0.5) is 0 Å². The van der Waals surface area contributed by atoms with Gasteiger partial charge in [0, 0.05) is 12.8 Å². The molecule has 1 atom stereocenters. The van der Waals surface area contributed by atoms with E-state index in [0.29, 0.717) is 19.8 Å². The third kappa shape index (κ3) is 1.47. The van der Waals surface area contributed by atoms with Gasteiger partial charge in [0.2, 0.25) is 0 Å². The smallest absolute Gasteiger partial charge is 0.173 e. The van der Waals surface area contributed by atoms with E-state index < -0.39 is 5.79 Å². The van der Waals surface area contributed by atoms with Crippen molar-refractivity contribution in [2.24, 2.45) is 0 Å². The molecule has 70 valence electrons. The summed E-state index contributed by atoms with van der Waals surface area (Å²) >= 11 is 0. The number of aliphatic hydroxyl groups is 1. The molecule has 0 aliphatic carbocycles. The van der Waals surface area contributed by atoms with Gasteiger partial charge in [-0.2, -0.15) is 0 Å². The van der Waals surface area contributed by atoms with Gasteiger partial charge in [-0.25, -0.2) is 0 Å². The molecule has 2 rings (SSSR count). The first-order valence-electron chi connectivity index (χ1n) is 4.35. The fraction of sp³-hybridized carbons (Fsp3) is 1.00. The number of ether oxygens (including phenoxy) is 3. The molecule has 0 aromatic rings. The van der Waals surface area contributed by atoms with E-state index in [1.165, 1.54) is 0 Å². The highest BCUT2D eigenvalue weighted by Gasteiger charge is 2.42. The van der Waals surface area contributed by atoms with Crippen molar-refractivity contribution in [3.05, 3.63) is 0 Å². The van der Waals surface area contributed by atoms with Crippen LogP contribution in [0.1, 0.15) is 12.8 Å². The zero-order chi connectivity index (χ0) is 8.44. The summed E-state index contributed by atoms with van der Waals surface area (Å²) < 4.78 is 16.3. The van der Waals surface area contributed by atoms with Crippen molar-refractivity contribution in [2.45, 2.75) is 24.7 Å². The molecule has 4 heteroatoms. The SMILES string of the molecule is OCC1COC2(CCOCC2)O1. The summed E-state index contributed by atoms with van der Waals surface area (Å²) in [5.74, 6) is -0.439. The predicted molar refractivity (Wildman–Crippen MR) is 40.7 cm³/mol. The summed E-state index contributed by atoms with van der Waals surface area (Å²) in [5.41, 5.74) is 0. The maximum absolute atomic E-state index is 8.84. The predicted octanol–water partition coefficient (Wildman–Crippen LogP) is -0.0992. The van der Waals surface area contributed by atoms with Gasteiger partial charge in [0.05, 0.1) is 26.4 Å². The molecule has 0 bridgehead atoms. The van der Waals surface area contributed by atoms with E-state index in [1.54, 1.807) is 0 Å². The van der Waals surface area contributed by atoms with Crippen molar-refractivity contribution in [3.8, 4) is 0 Å². The third-order valence-electron chi connectivity index (χ3n) is 2.37. The van der Waals surface area contributed by atoms with Crippen LogP contribution in [0.15, 0.2) is 0 Å². The molecule has 0 aromatic carbocycles. The molecule has 2 aliphatic heterocycles. The Hall–Kier alpha value is -0.160. The Kier molecular flexibility index (Phi) is 2.32. The second-order valence-corrected chi connectivity index (χ2v) is 3.26. The number of hydrogen-bond acceptors (Lipinski definition) is 4. The number of rotatable bonds is 1. The molecule has 2 heterocycles. The highest BCUT2D eigenvalue weighted by molar-refractivity contribution is 4.80. The molecule has 2 aliphatic rings. The second kappa shape index (κ2) is 3.30. The maximum Gasteiger partial charge on any atom is 0.173 e. The van der Waals surface area contributed by atoms with Crippen LogP contribution in [0.2, 0.25) is 0 Å². The lowest BCUT2D eigenvalue weighted by Gasteiger charge is -2.31. The molecular formula is C8H14O4. The first-order valence-corrected chi connectivity index (χ1v) is 4.35. The van der Waals surface area contributed by atoms with Crippen molar-refractivity contribution in [3.63, 3.8) is 0 Å². The lowest BCUT2D eigenvalue weighted by Crippen LogP contribution is -2.38. The van der Waals surface area contributed by atoms with Gasteiger partial charge in [0.1, 0.15) is 6.10 Å². The molecule has 0 saturated carbocycles. The Labute approximate surface area is 71.4 Å². The fourth-order valence-corrected chi connectivity index (χ4v) is 1.65. The lowest BCUT2D eigenvalue weighted by molar-refractivity contribution is -0.213. The zero-order valence-electron chi connectivity index (χ0n) is 6.99. The Morgan fingerprint density at radius 1 is 1.33 bits per heavy atom. The van der Waals surface area contributed by atoms with Crippen molar-refractivity contribution >= 4 is 0 Å². The average Bonchev–Trinajstić information content (AvgIpc) is 2.50.